The summed E-state index contributed by atoms with van der Waals surface area (Å²) in [7, 11) is 0. The number of benzene rings is 1. The molecule has 1 aliphatic carbocycles. The highest BCUT2D eigenvalue weighted by Crippen LogP contribution is 2.39. The van der Waals surface area contributed by atoms with E-state index in [0.29, 0.717) is 17.6 Å². The van der Waals surface area contributed by atoms with E-state index in [0.717, 1.165) is 24.4 Å². The Morgan fingerprint density at radius 3 is 2.58 bits per heavy atom. The Morgan fingerprint density at radius 1 is 1.17 bits per heavy atom. The highest BCUT2D eigenvalue weighted by atomic mass is 79.9. The Bertz CT molecular complexity index is 706. The van der Waals surface area contributed by atoms with Gasteiger partial charge in [-0.15, -0.1) is 0 Å². The van der Waals surface area contributed by atoms with Crippen LogP contribution in [-0.2, 0) is 12.3 Å². The Hall–Kier alpha value is -1.17. The number of aromatic nitrogens is 2. The average Bonchev–Trinajstić information content (AvgIpc) is 2.89. The third-order valence-electron chi connectivity index (χ3n) is 5.05. The summed E-state index contributed by atoms with van der Waals surface area (Å²) in [6.07, 6.45) is 9.71. The van der Waals surface area contributed by atoms with Crippen LogP contribution in [0.15, 0.2) is 42.7 Å². The molecule has 24 heavy (non-hydrogen) atoms. The van der Waals surface area contributed by atoms with Gasteiger partial charge >= 0.3 is 5.95 Å². The summed E-state index contributed by atoms with van der Waals surface area (Å²) in [5.74, 6) is 0.858. The Balaban J connectivity index is 0.00000169. The van der Waals surface area contributed by atoms with Crippen molar-refractivity contribution in [1.82, 2.24) is 4.98 Å². The molecule has 1 atom stereocenters. The van der Waals surface area contributed by atoms with Gasteiger partial charge < -0.3 is 22.1 Å². The van der Waals surface area contributed by atoms with Gasteiger partial charge in [0.25, 0.3) is 0 Å². The topological polar surface area (TPSA) is 40.2 Å². The van der Waals surface area contributed by atoms with Gasteiger partial charge in [-0.2, -0.15) is 0 Å². The predicted molar refractivity (Wildman–Crippen MR) is 89.1 cm³/mol. The highest BCUT2D eigenvalue weighted by molar-refractivity contribution is 6.30. The fourth-order valence-corrected chi connectivity index (χ4v) is 4.07. The zero-order valence-corrected chi connectivity index (χ0v) is 15.7. The van der Waals surface area contributed by atoms with Crippen LogP contribution < -0.4 is 26.4 Å². The van der Waals surface area contributed by atoms with E-state index in [9.17, 15) is 5.11 Å². The van der Waals surface area contributed by atoms with Gasteiger partial charge in [-0.1, -0.05) is 48.0 Å². The summed E-state index contributed by atoms with van der Waals surface area (Å²) in [5.41, 5.74) is -0.188. The van der Waals surface area contributed by atoms with Crippen LogP contribution in [0.1, 0.15) is 37.7 Å². The third kappa shape index (κ3) is 2.93. The predicted octanol–water partition coefficient (Wildman–Crippen LogP) is 0.0245. The first kappa shape index (κ1) is 17.6. The molecule has 0 spiro atoms. The summed E-state index contributed by atoms with van der Waals surface area (Å²) in [4.78, 5) is 6.69. The van der Waals surface area contributed by atoms with Crippen molar-refractivity contribution in [1.29, 1.82) is 0 Å². The van der Waals surface area contributed by atoms with Crippen molar-refractivity contribution < 1.29 is 26.7 Å². The molecule has 1 aliphatic heterocycles. The number of rotatable bonds is 2. The quantitative estimate of drug-likeness (QED) is 0.710. The standard InChI is InChI=1S/C18H21ClN3O.BrH/c19-15-9-7-14(8-10-15)18(23)13-21-12-4-11-20-17(21)22(18)16-5-2-1-3-6-16;/h4,7-12,16,23H,1-3,5-6,13H2;1H/q+1;/p-1. The number of nitrogens with zero attached hydrogens (tertiary/aromatic N) is 3. The number of hydrogen-bond acceptors (Lipinski definition) is 3. The fourth-order valence-electron chi connectivity index (χ4n) is 3.95. The number of fused-ring (bicyclic) bond motifs is 1. The summed E-state index contributed by atoms with van der Waals surface area (Å²) >= 11 is 6.03. The van der Waals surface area contributed by atoms with Crippen molar-refractivity contribution in [3.05, 3.63) is 53.3 Å². The van der Waals surface area contributed by atoms with E-state index < -0.39 is 5.72 Å². The van der Waals surface area contributed by atoms with Gasteiger partial charge in [-0.05, 0) is 25.0 Å². The lowest BCUT2D eigenvalue weighted by Gasteiger charge is -2.36. The molecule has 4 rings (SSSR count). The van der Waals surface area contributed by atoms with Crippen molar-refractivity contribution in [2.45, 2.75) is 50.4 Å². The Morgan fingerprint density at radius 2 is 1.88 bits per heavy atom. The lowest BCUT2D eigenvalue weighted by atomic mass is 9.91. The van der Waals surface area contributed by atoms with E-state index >= 15 is 0 Å². The molecule has 2 aromatic rings. The van der Waals surface area contributed by atoms with Crippen LogP contribution >= 0.6 is 11.6 Å². The van der Waals surface area contributed by atoms with Crippen LogP contribution in [0.2, 0.25) is 5.02 Å². The average molecular weight is 411 g/mol. The Kier molecular flexibility index (Phi) is 5.13. The van der Waals surface area contributed by atoms with Gasteiger partial charge in [0.05, 0.1) is 12.2 Å². The molecule has 0 radical (unpaired) electrons. The van der Waals surface area contributed by atoms with Crippen LogP contribution in [0.25, 0.3) is 0 Å². The van der Waals surface area contributed by atoms with Crippen LogP contribution in [0, 0.1) is 0 Å². The SMILES string of the molecule is OC1(c2ccc(Cl)cc2)C[n+]2cccnc2N1C1CCCCC1.[Br-]. The summed E-state index contributed by atoms with van der Waals surface area (Å²) in [5, 5.41) is 12.3. The van der Waals surface area contributed by atoms with E-state index in [1.165, 1.54) is 19.3 Å². The molecule has 0 saturated heterocycles. The lowest BCUT2D eigenvalue weighted by molar-refractivity contribution is -0.685. The van der Waals surface area contributed by atoms with E-state index in [2.05, 4.69) is 9.88 Å². The lowest BCUT2D eigenvalue weighted by Crippen LogP contribution is -3.00. The van der Waals surface area contributed by atoms with Gasteiger partial charge in [-0.3, -0.25) is 0 Å². The van der Waals surface area contributed by atoms with E-state index in [1.807, 2.05) is 41.1 Å². The van der Waals surface area contributed by atoms with Crippen LogP contribution in [-0.4, -0.2) is 16.1 Å². The maximum atomic E-state index is 11.6. The van der Waals surface area contributed by atoms with E-state index in [1.54, 1.807) is 6.20 Å². The maximum Gasteiger partial charge on any atom is 0.397 e. The first-order chi connectivity index (χ1) is 11.2. The molecule has 2 aliphatic rings. The first-order valence-corrected chi connectivity index (χ1v) is 8.68. The molecule has 2 heterocycles. The second kappa shape index (κ2) is 6.98. The molecule has 1 aromatic heterocycles. The number of anilines is 1. The van der Waals surface area contributed by atoms with Crippen molar-refractivity contribution in [2.24, 2.45) is 0 Å². The molecular weight excluding hydrogens is 390 g/mol. The molecule has 1 aromatic carbocycles. The fraction of sp³-hybridized carbons (Fsp3) is 0.444. The maximum absolute atomic E-state index is 11.6. The summed E-state index contributed by atoms with van der Waals surface area (Å²) < 4.78 is 2.04. The van der Waals surface area contributed by atoms with Crippen LogP contribution in [0.3, 0.4) is 0 Å². The van der Waals surface area contributed by atoms with Gasteiger partial charge in [0.1, 0.15) is 12.7 Å². The third-order valence-corrected chi connectivity index (χ3v) is 5.30. The molecule has 128 valence electrons. The first-order valence-electron chi connectivity index (χ1n) is 8.31. The van der Waals surface area contributed by atoms with Crippen molar-refractivity contribution in [2.75, 3.05) is 4.90 Å². The van der Waals surface area contributed by atoms with Crippen LogP contribution in [0.4, 0.5) is 5.95 Å². The summed E-state index contributed by atoms with van der Waals surface area (Å²) in [6, 6.07) is 9.77. The number of hydrogen-bond donors (Lipinski definition) is 1. The van der Waals surface area contributed by atoms with E-state index in [4.69, 9.17) is 11.6 Å². The van der Waals surface area contributed by atoms with E-state index in [-0.39, 0.29) is 17.0 Å². The minimum Gasteiger partial charge on any atom is -1.00 e. The van der Waals surface area contributed by atoms with Crippen molar-refractivity contribution >= 4 is 17.5 Å². The molecule has 1 fully saturated rings. The minimum absolute atomic E-state index is 0. The molecule has 1 N–H and O–H groups in total. The summed E-state index contributed by atoms with van der Waals surface area (Å²) in [6.45, 7) is 0.494. The van der Waals surface area contributed by atoms with Gasteiger partial charge in [0.2, 0.25) is 5.72 Å². The molecule has 0 amide bonds. The largest absolute Gasteiger partial charge is 1.00 e. The minimum atomic E-state index is -1.06. The van der Waals surface area contributed by atoms with Gasteiger partial charge in [0, 0.05) is 16.7 Å². The van der Waals surface area contributed by atoms with Gasteiger partial charge in [0.15, 0.2) is 0 Å². The second-order valence-electron chi connectivity index (χ2n) is 6.53. The number of halogens is 2. The number of aliphatic hydroxyl groups is 1. The zero-order chi connectivity index (χ0) is 15.9. The highest BCUT2D eigenvalue weighted by Gasteiger charge is 2.54. The molecule has 0 bridgehead atoms. The zero-order valence-electron chi connectivity index (χ0n) is 13.4. The van der Waals surface area contributed by atoms with Crippen LogP contribution in [0.5, 0.6) is 0 Å². The molecule has 1 unspecified atom stereocenters. The normalized spacial score (nSPS) is 23.7. The van der Waals surface area contributed by atoms with Crippen molar-refractivity contribution in [3.63, 3.8) is 0 Å². The molecule has 4 nitrogen and oxygen atoms in total. The van der Waals surface area contributed by atoms with Crippen molar-refractivity contribution in [3.8, 4) is 0 Å². The Labute approximate surface area is 157 Å². The smallest absolute Gasteiger partial charge is 0.397 e. The monoisotopic (exact) mass is 409 g/mol. The second-order valence-corrected chi connectivity index (χ2v) is 6.97. The molecule has 6 heteroatoms. The van der Waals surface area contributed by atoms with Gasteiger partial charge in [-0.25, -0.2) is 9.47 Å². The molecular formula is C18H21BrClN3O. The molecule has 1 saturated carbocycles.